The van der Waals surface area contributed by atoms with Gasteiger partial charge in [0, 0.05) is 57.7 Å². The van der Waals surface area contributed by atoms with Crippen LogP contribution in [0, 0.1) is 23.7 Å². The topological polar surface area (TPSA) is 53.0 Å². The Hall–Kier alpha value is -2.06. The number of anilines is 1. The van der Waals surface area contributed by atoms with Gasteiger partial charge in [-0.15, -0.1) is 0 Å². The van der Waals surface area contributed by atoms with Gasteiger partial charge in [-0.1, -0.05) is 32.1 Å². The summed E-state index contributed by atoms with van der Waals surface area (Å²) >= 11 is 0. The Morgan fingerprint density at radius 2 is 1.86 bits per heavy atom. The highest BCUT2D eigenvalue weighted by molar-refractivity contribution is 5.66. The number of benzene rings is 1. The van der Waals surface area contributed by atoms with Gasteiger partial charge in [0.1, 0.15) is 6.10 Å². The van der Waals surface area contributed by atoms with Crippen molar-refractivity contribution in [3.8, 4) is 0 Å². The van der Waals surface area contributed by atoms with E-state index in [-0.39, 0.29) is 29.6 Å². The number of nitrogens with zero attached hydrogens (tertiary/aromatic N) is 2. The van der Waals surface area contributed by atoms with E-state index < -0.39 is 17.3 Å². The summed E-state index contributed by atoms with van der Waals surface area (Å²) in [4.78, 5) is 15.8. The molecule has 0 bridgehead atoms. The Morgan fingerprint density at radius 3 is 2.50 bits per heavy atom. The molecule has 2 aliphatic carbocycles. The number of carbonyl (C=O) groups is 1. The zero-order valence-electron chi connectivity index (χ0n) is 21.7. The van der Waals surface area contributed by atoms with E-state index in [9.17, 15) is 23.1 Å². The molecule has 0 aromatic heterocycles. The molecule has 1 aromatic carbocycles. The first-order valence-corrected chi connectivity index (χ1v) is 13.1. The standard InChI is InChI=1S/C28H39F3N2O3/c1-18-15-24-22(10-9-20(3)27(24,35)16-26(18)36-21(4)34)19(2)17-32-11-13-33(14-12-32)25-8-6-5-7-23(25)28(29,30)31/h5-8,15,19-20,22,24,26,35H,9-14,16-17H2,1-4H3/t19-,20-,22+,24-,26-,27-/m1/s1. The number of alkyl halides is 3. The van der Waals surface area contributed by atoms with Gasteiger partial charge in [-0.05, 0) is 55.2 Å². The molecular formula is C28H39F3N2O3. The predicted octanol–water partition coefficient (Wildman–Crippen LogP) is 5.14. The van der Waals surface area contributed by atoms with Crippen LogP contribution in [0.2, 0.25) is 0 Å². The Labute approximate surface area is 212 Å². The molecule has 5 nitrogen and oxygen atoms in total. The molecule has 0 spiro atoms. The minimum atomic E-state index is -4.36. The highest BCUT2D eigenvalue weighted by Crippen LogP contribution is 2.51. The van der Waals surface area contributed by atoms with Crippen LogP contribution in [0.4, 0.5) is 18.9 Å². The minimum absolute atomic E-state index is 0.00279. The average Bonchev–Trinajstić information content (AvgIpc) is 2.81. The second-order valence-corrected chi connectivity index (χ2v) is 11.2. The number of ether oxygens (including phenoxy) is 1. The van der Waals surface area contributed by atoms with E-state index in [0.717, 1.165) is 31.0 Å². The number of aliphatic hydroxyl groups is 1. The summed E-state index contributed by atoms with van der Waals surface area (Å²) in [5.74, 6) is 0.398. The molecule has 0 unspecified atom stereocenters. The van der Waals surface area contributed by atoms with Crippen LogP contribution in [0.1, 0.15) is 52.5 Å². The second-order valence-electron chi connectivity index (χ2n) is 11.2. The third-order valence-electron chi connectivity index (χ3n) is 8.80. The van der Waals surface area contributed by atoms with Crippen LogP contribution in [0.25, 0.3) is 0 Å². The van der Waals surface area contributed by atoms with Crippen molar-refractivity contribution >= 4 is 11.7 Å². The first kappa shape index (κ1) is 27.0. The molecule has 0 radical (unpaired) electrons. The smallest absolute Gasteiger partial charge is 0.418 e. The average molecular weight is 509 g/mol. The molecule has 1 saturated carbocycles. The molecule has 200 valence electrons. The van der Waals surface area contributed by atoms with E-state index >= 15 is 0 Å². The van der Waals surface area contributed by atoms with Crippen molar-refractivity contribution in [1.82, 2.24) is 4.90 Å². The van der Waals surface area contributed by atoms with Crippen LogP contribution in [0.15, 0.2) is 35.9 Å². The monoisotopic (exact) mass is 508 g/mol. The molecule has 8 heteroatoms. The fourth-order valence-corrected chi connectivity index (χ4v) is 6.70. The third kappa shape index (κ3) is 5.44. The summed E-state index contributed by atoms with van der Waals surface area (Å²) in [6, 6.07) is 5.81. The molecule has 36 heavy (non-hydrogen) atoms. The zero-order valence-corrected chi connectivity index (χ0v) is 21.7. The molecule has 1 heterocycles. The van der Waals surface area contributed by atoms with E-state index in [1.54, 1.807) is 12.1 Å². The molecular weight excluding hydrogens is 469 g/mol. The lowest BCUT2D eigenvalue weighted by molar-refractivity contribution is -0.159. The van der Waals surface area contributed by atoms with Gasteiger partial charge in [0.25, 0.3) is 0 Å². The van der Waals surface area contributed by atoms with Crippen LogP contribution in [0.5, 0.6) is 0 Å². The van der Waals surface area contributed by atoms with E-state index in [2.05, 4.69) is 24.8 Å². The number of fused-ring (bicyclic) bond motifs is 1. The molecule has 4 rings (SSSR count). The lowest BCUT2D eigenvalue weighted by atomic mass is 9.57. The SMILES string of the molecule is CC(=O)O[C@@H]1C[C@@]2(O)[C@H](C)CC[C@@H]([C@H](C)CN3CCN(c4ccccc4C(F)(F)F)CC3)[C@H]2C=C1C. The zero-order chi connectivity index (χ0) is 26.3. The van der Waals surface area contributed by atoms with E-state index in [1.807, 2.05) is 11.8 Å². The third-order valence-corrected chi connectivity index (χ3v) is 8.80. The lowest BCUT2D eigenvalue weighted by Crippen LogP contribution is -2.56. The fraction of sp³-hybridized carbons (Fsp3) is 0.679. The van der Waals surface area contributed by atoms with Gasteiger partial charge < -0.3 is 14.7 Å². The highest BCUT2D eigenvalue weighted by Gasteiger charge is 2.52. The highest BCUT2D eigenvalue weighted by atomic mass is 19.4. The molecule has 1 N–H and O–H groups in total. The minimum Gasteiger partial charge on any atom is -0.458 e. The quantitative estimate of drug-likeness (QED) is 0.441. The number of esters is 1. The summed E-state index contributed by atoms with van der Waals surface area (Å²) in [5, 5.41) is 11.8. The normalized spacial score (nSPS) is 32.4. The van der Waals surface area contributed by atoms with Crippen LogP contribution in [-0.4, -0.2) is 60.4 Å². The van der Waals surface area contributed by atoms with Gasteiger partial charge >= 0.3 is 12.1 Å². The van der Waals surface area contributed by atoms with Gasteiger partial charge in [0.2, 0.25) is 0 Å². The van der Waals surface area contributed by atoms with Gasteiger partial charge in [0.15, 0.2) is 0 Å². The summed E-state index contributed by atoms with van der Waals surface area (Å²) in [6.45, 7) is 11.1. The number of rotatable bonds is 5. The molecule has 1 aromatic rings. The molecule has 6 atom stereocenters. The summed E-state index contributed by atoms with van der Waals surface area (Å²) in [7, 11) is 0. The number of hydrogen-bond acceptors (Lipinski definition) is 5. The molecule has 0 amide bonds. The Kier molecular flexibility index (Phi) is 7.77. The molecule has 1 aliphatic heterocycles. The van der Waals surface area contributed by atoms with E-state index in [4.69, 9.17) is 4.74 Å². The number of carbonyl (C=O) groups excluding carboxylic acids is 1. The maximum atomic E-state index is 13.5. The first-order chi connectivity index (χ1) is 16.9. The van der Waals surface area contributed by atoms with Gasteiger partial charge in [-0.3, -0.25) is 9.69 Å². The summed E-state index contributed by atoms with van der Waals surface area (Å²) < 4.78 is 45.9. The predicted molar refractivity (Wildman–Crippen MR) is 134 cm³/mol. The van der Waals surface area contributed by atoms with Crippen molar-refractivity contribution in [2.24, 2.45) is 23.7 Å². The summed E-state index contributed by atoms with van der Waals surface area (Å²) in [5.41, 5.74) is -0.220. The number of halogens is 3. The maximum absolute atomic E-state index is 13.5. The largest absolute Gasteiger partial charge is 0.458 e. The first-order valence-electron chi connectivity index (χ1n) is 13.1. The van der Waals surface area contributed by atoms with Gasteiger partial charge in [-0.25, -0.2) is 0 Å². The Balaban J connectivity index is 1.42. The van der Waals surface area contributed by atoms with Crippen molar-refractivity contribution in [2.75, 3.05) is 37.6 Å². The van der Waals surface area contributed by atoms with Gasteiger partial charge in [-0.2, -0.15) is 13.2 Å². The van der Waals surface area contributed by atoms with Crippen LogP contribution < -0.4 is 4.90 Å². The number of hydrogen-bond donors (Lipinski definition) is 1. The van der Waals surface area contributed by atoms with Crippen molar-refractivity contribution in [3.05, 3.63) is 41.5 Å². The number of para-hydroxylation sites is 1. The molecule has 3 aliphatic rings. The van der Waals surface area contributed by atoms with Crippen molar-refractivity contribution in [2.45, 2.75) is 64.8 Å². The van der Waals surface area contributed by atoms with E-state index in [0.29, 0.717) is 44.4 Å². The fourth-order valence-electron chi connectivity index (χ4n) is 6.70. The number of piperazine rings is 1. The molecule has 2 fully saturated rings. The van der Waals surface area contributed by atoms with Crippen molar-refractivity contribution in [1.29, 1.82) is 0 Å². The van der Waals surface area contributed by atoms with Crippen LogP contribution >= 0.6 is 0 Å². The maximum Gasteiger partial charge on any atom is 0.418 e. The molecule has 1 saturated heterocycles. The van der Waals surface area contributed by atoms with Crippen molar-refractivity contribution in [3.63, 3.8) is 0 Å². The van der Waals surface area contributed by atoms with Crippen LogP contribution in [-0.2, 0) is 15.7 Å². The van der Waals surface area contributed by atoms with Crippen molar-refractivity contribution < 1.29 is 27.8 Å². The summed E-state index contributed by atoms with van der Waals surface area (Å²) in [6.07, 6.45) is -0.230. The lowest BCUT2D eigenvalue weighted by Gasteiger charge is -2.53. The Morgan fingerprint density at radius 1 is 1.19 bits per heavy atom. The van der Waals surface area contributed by atoms with E-state index in [1.165, 1.54) is 13.0 Å². The van der Waals surface area contributed by atoms with Crippen LogP contribution in [0.3, 0.4) is 0 Å². The Bertz CT molecular complexity index is 973. The second kappa shape index (κ2) is 10.4. The van der Waals surface area contributed by atoms with Gasteiger partial charge in [0.05, 0.1) is 11.2 Å².